The van der Waals surface area contributed by atoms with Crippen LogP contribution >= 0.6 is 0 Å². The lowest BCUT2D eigenvalue weighted by Crippen LogP contribution is -2.38. The summed E-state index contributed by atoms with van der Waals surface area (Å²) in [5.41, 5.74) is 2.03. The summed E-state index contributed by atoms with van der Waals surface area (Å²) in [6, 6.07) is 16.6. The topological polar surface area (TPSA) is 58.6 Å². The van der Waals surface area contributed by atoms with Crippen LogP contribution in [0.1, 0.15) is 28.8 Å². The van der Waals surface area contributed by atoms with Gasteiger partial charge in [-0.3, -0.25) is 4.79 Å². The van der Waals surface area contributed by atoms with E-state index in [-0.39, 0.29) is 11.9 Å². The molecule has 3 aromatic rings. The Balaban J connectivity index is 1.54. The van der Waals surface area contributed by atoms with Gasteiger partial charge in [-0.2, -0.15) is 0 Å². The molecule has 1 aromatic heterocycles. The van der Waals surface area contributed by atoms with Gasteiger partial charge in [-0.1, -0.05) is 42.5 Å². The SMILES string of the molecule is O=C(c1cnc(N2CCOCC2)nc1-c1ccccc1F)N(Cc1ccccc1)C1CC1. The van der Waals surface area contributed by atoms with E-state index in [0.29, 0.717) is 55.6 Å². The maximum absolute atomic E-state index is 14.8. The minimum absolute atomic E-state index is 0.164. The number of nitrogens with zero attached hydrogens (tertiary/aromatic N) is 4. The van der Waals surface area contributed by atoms with Crippen molar-refractivity contribution in [2.45, 2.75) is 25.4 Å². The summed E-state index contributed by atoms with van der Waals surface area (Å²) in [6.07, 6.45) is 3.50. The Labute approximate surface area is 186 Å². The van der Waals surface area contributed by atoms with Gasteiger partial charge in [-0.25, -0.2) is 14.4 Å². The largest absolute Gasteiger partial charge is 0.378 e. The van der Waals surface area contributed by atoms with E-state index in [0.717, 1.165) is 18.4 Å². The lowest BCUT2D eigenvalue weighted by molar-refractivity contribution is 0.0730. The van der Waals surface area contributed by atoms with Gasteiger partial charge in [0.1, 0.15) is 5.82 Å². The van der Waals surface area contributed by atoms with Gasteiger partial charge in [-0.15, -0.1) is 0 Å². The van der Waals surface area contributed by atoms with Crippen LogP contribution in [0.2, 0.25) is 0 Å². The van der Waals surface area contributed by atoms with Gasteiger partial charge in [0.2, 0.25) is 5.95 Å². The lowest BCUT2D eigenvalue weighted by Gasteiger charge is -2.28. The third-order valence-corrected chi connectivity index (χ3v) is 5.87. The first-order valence-corrected chi connectivity index (χ1v) is 11.0. The molecule has 164 valence electrons. The number of aromatic nitrogens is 2. The summed E-state index contributed by atoms with van der Waals surface area (Å²) in [6.45, 7) is 3.00. The highest BCUT2D eigenvalue weighted by Gasteiger charge is 2.35. The van der Waals surface area contributed by atoms with Crippen molar-refractivity contribution in [2.75, 3.05) is 31.2 Å². The molecule has 2 fully saturated rings. The average molecular weight is 432 g/mol. The van der Waals surface area contributed by atoms with Crippen molar-refractivity contribution < 1.29 is 13.9 Å². The van der Waals surface area contributed by atoms with Gasteiger partial charge in [0.15, 0.2) is 0 Å². The Kier molecular flexibility index (Phi) is 5.81. The van der Waals surface area contributed by atoms with Crippen molar-refractivity contribution in [1.82, 2.24) is 14.9 Å². The summed E-state index contributed by atoms with van der Waals surface area (Å²) in [4.78, 5) is 26.8. The predicted molar refractivity (Wildman–Crippen MR) is 120 cm³/mol. The van der Waals surface area contributed by atoms with Crippen LogP contribution in [0, 0.1) is 5.82 Å². The molecule has 5 rings (SSSR count). The highest BCUT2D eigenvalue weighted by Crippen LogP contribution is 2.33. The summed E-state index contributed by atoms with van der Waals surface area (Å²) in [5.74, 6) is -0.0820. The van der Waals surface area contributed by atoms with Gasteiger partial charge < -0.3 is 14.5 Å². The lowest BCUT2D eigenvalue weighted by atomic mass is 10.0. The summed E-state index contributed by atoms with van der Waals surface area (Å²) < 4.78 is 20.2. The molecule has 1 aliphatic heterocycles. The van der Waals surface area contributed by atoms with Crippen LogP contribution in [0.3, 0.4) is 0 Å². The van der Waals surface area contributed by atoms with Crippen molar-refractivity contribution in [2.24, 2.45) is 0 Å². The van der Waals surface area contributed by atoms with E-state index >= 15 is 0 Å². The number of hydrogen-bond donors (Lipinski definition) is 0. The zero-order valence-corrected chi connectivity index (χ0v) is 17.8. The Bertz CT molecular complexity index is 1100. The van der Waals surface area contributed by atoms with Crippen LogP contribution in [-0.2, 0) is 11.3 Å². The summed E-state index contributed by atoms with van der Waals surface area (Å²) >= 11 is 0. The molecule has 2 aliphatic rings. The second kappa shape index (κ2) is 9.04. The Morgan fingerprint density at radius 2 is 1.78 bits per heavy atom. The van der Waals surface area contributed by atoms with E-state index in [1.165, 1.54) is 6.07 Å². The number of carbonyl (C=O) groups is 1. The molecule has 6 nitrogen and oxygen atoms in total. The van der Waals surface area contributed by atoms with E-state index in [4.69, 9.17) is 4.74 Å². The van der Waals surface area contributed by atoms with Gasteiger partial charge in [0.25, 0.3) is 5.91 Å². The molecule has 0 bridgehead atoms. The molecule has 1 saturated carbocycles. The van der Waals surface area contributed by atoms with Crippen LogP contribution in [0.15, 0.2) is 60.8 Å². The molecule has 1 aliphatic carbocycles. The molecule has 0 radical (unpaired) electrons. The zero-order valence-electron chi connectivity index (χ0n) is 17.8. The normalized spacial score (nSPS) is 16.1. The van der Waals surface area contributed by atoms with Gasteiger partial charge in [-0.05, 0) is 30.5 Å². The van der Waals surface area contributed by atoms with Crippen molar-refractivity contribution in [1.29, 1.82) is 0 Å². The number of rotatable bonds is 6. The summed E-state index contributed by atoms with van der Waals surface area (Å²) in [7, 11) is 0. The smallest absolute Gasteiger partial charge is 0.258 e. The van der Waals surface area contributed by atoms with Gasteiger partial charge in [0, 0.05) is 37.4 Å². The fourth-order valence-corrected chi connectivity index (χ4v) is 3.99. The van der Waals surface area contributed by atoms with Crippen molar-refractivity contribution in [3.05, 3.63) is 77.7 Å². The Morgan fingerprint density at radius 1 is 1.06 bits per heavy atom. The number of hydrogen-bond acceptors (Lipinski definition) is 5. The van der Waals surface area contributed by atoms with E-state index < -0.39 is 5.82 Å². The monoisotopic (exact) mass is 432 g/mol. The van der Waals surface area contributed by atoms with Crippen LogP contribution in [-0.4, -0.2) is 53.1 Å². The minimum Gasteiger partial charge on any atom is -0.378 e. The highest BCUT2D eigenvalue weighted by molar-refractivity contribution is 6.00. The van der Waals surface area contributed by atoms with Gasteiger partial charge in [0.05, 0.1) is 24.5 Å². The molecule has 0 unspecified atom stereocenters. The fraction of sp³-hybridized carbons (Fsp3) is 0.320. The van der Waals surface area contributed by atoms with Gasteiger partial charge >= 0.3 is 0 Å². The average Bonchev–Trinajstić information content (AvgIpc) is 3.69. The minimum atomic E-state index is -0.408. The molecule has 7 heteroatoms. The third-order valence-electron chi connectivity index (χ3n) is 5.87. The number of ether oxygens (including phenoxy) is 1. The van der Waals surface area contributed by atoms with E-state index in [1.54, 1.807) is 24.4 Å². The molecule has 0 atom stereocenters. The van der Waals surface area contributed by atoms with Crippen molar-refractivity contribution >= 4 is 11.9 Å². The quantitative estimate of drug-likeness (QED) is 0.591. The molecular formula is C25H25FN4O2. The van der Waals surface area contributed by atoms with Crippen LogP contribution in [0.4, 0.5) is 10.3 Å². The standard InChI is InChI=1S/C25H25FN4O2/c26-22-9-5-4-8-20(22)23-21(16-27-25(28-23)29-12-14-32-15-13-29)24(31)30(19-10-11-19)17-18-6-2-1-3-7-18/h1-9,16,19H,10-15,17H2. The molecule has 0 N–H and O–H groups in total. The molecular weight excluding hydrogens is 407 g/mol. The first kappa shape index (κ1) is 20.6. The molecule has 32 heavy (non-hydrogen) atoms. The molecule has 2 heterocycles. The third kappa shape index (κ3) is 4.34. The number of benzene rings is 2. The van der Waals surface area contributed by atoms with Crippen molar-refractivity contribution in [3.8, 4) is 11.3 Å². The Hall–Kier alpha value is -3.32. The zero-order chi connectivity index (χ0) is 21.9. The second-order valence-electron chi connectivity index (χ2n) is 8.16. The maximum atomic E-state index is 14.8. The fourth-order valence-electron chi connectivity index (χ4n) is 3.99. The molecule has 0 spiro atoms. The number of halogens is 1. The maximum Gasteiger partial charge on any atom is 0.258 e. The molecule has 2 aromatic carbocycles. The number of amides is 1. The van der Waals surface area contributed by atoms with Crippen LogP contribution in [0.5, 0.6) is 0 Å². The second-order valence-corrected chi connectivity index (χ2v) is 8.16. The number of carbonyl (C=O) groups excluding carboxylic acids is 1. The number of morpholine rings is 1. The Morgan fingerprint density at radius 3 is 2.50 bits per heavy atom. The molecule has 1 amide bonds. The van der Waals surface area contributed by atoms with E-state index in [1.807, 2.05) is 40.1 Å². The summed E-state index contributed by atoms with van der Waals surface area (Å²) in [5, 5.41) is 0. The van der Waals surface area contributed by atoms with Crippen molar-refractivity contribution in [3.63, 3.8) is 0 Å². The first-order chi connectivity index (χ1) is 15.7. The van der Waals surface area contributed by atoms with Crippen LogP contribution in [0.25, 0.3) is 11.3 Å². The molecule has 1 saturated heterocycles. The highest BCUT2D eigenvalue weighted by atomic mass is 19.1. The number of anilines is 1. The predicted octanol–water partition coefficient (Wildman–Crippen LogP) is 3.92. The van der Waals surface area contributed by atoms with Crippen LogP contribution < -0.4 is 4.90 Å². The first-order valence-electron chi connectivity index (χ1n) is 11.0. The van der Waals surface area contributed by atoms with E-state index in [2.05, 4.69) is 9.97 Å². The van der Waals surface area contributed by atoms with E-state index in [9.17, 15) is 9.18 Å².